The van der Waals surface area contributed by atoms with Gasteiger partial charge in [-0.05, 0) is 43.2 Å². The first-order valence-electron chi connectivity index (χ1n) is 8.14. The second-order valence-corrected chi connectivity index (χ2v) is 8.36. The molecule has 8 nitrogen and oxygen atoms in total. The van der Waals surface area contributed by atoms with Gasteiger partial charge in [-0.2, -0.15) is 4.31 Å². The lowest BCUT2D eigenvalue weighted by molar-refractivity contribution is -0.384. The molecule has 1 aliphatic heterocycles. The van der Waals surface area contributed by atoms with Gasteiger partial charge in [0.15, 0.2) is 0 Å². The van der Waals surface area contributed by atoms with E-state index in [0.717, 1.165) is 18.9 Å². The van der Waals surface area contributed by atoms with Gasteiger partial charge < -0.3 is 5.32 Å². The van der Waals surface area contributed by atoms with Crippen molar-refractivity contribution in [3.05, 3.63) is 63.2 Å². The number of rotatable bonds is 5. The molecule has 0 radical (unpaired) electrons. The van der Waals surface area contributed by atoms with Gasteiger partial charge in [-0.1, -0.05) is 17.7 Å². The number of benzene rings is 2. The van der Waals surface area contributed by atoms with E-state index < -0.39 is 20.9 Å². The molecule has 0 atom stereocenters. The summed E-state index contributed by atoms with van der Waals surface area (Å²) in [5, 5.41) is 13.4. The molecule has 0 bridgehead atoms. The molecule has 2 aromatic carbocycles. The fourth-order valence-corrected chi connectivity index (χ4v) is 4.56. The molecule has 3 rings (SSSR count). The number of anilines is 1. The van der Waals surface area contributed by atoms with Crippen molar-refractivity contribution in [2.75, 3.05) is 18.4 Å². The largest absolute Gasteiger partial charge is 0.322 e. The number of nitrogens with zero attached hydrogens (tertiary/aromatic N) is 2. The Labute approximate surface area is 160 Å². The van der Waals surface area contributed by atoms with Crippen LogP contribution in [0.1, 0.15) is 23.2 Å². The van der Waals surface area contributed by atoms with E-state index >= 15 is 0 Å². The summed E-state index contributed by atoms with van der Waals surface area (Å²) in [6.07, 6.45) is 1.63. The summed E-state index contributed by atoms with van der Waals surface area (Å²) in [6.45, 7) is 0.931. The van der Waals surface area contributed by atoms with Crippen LogP contribution in [0.4, 0.5) is 11.4 Å². The van der Waals surface area contributed by atoms with Crippen molar-refractivity contribution < 1.29 is 18.1 Å². The second-order valence-electron chi connectivity index (χ2n) is 6.02. The summed E-state index contributed by atoms with van der Waals surface area (Å²) in [6, 6.07) is 9.59. The number of hydrogen-bond acceptors (Lipinski definition) is 5. The van der Waals surface area contributed by atoms with Crippen LogP contribution >= 0.6 is 11.6 Å². The number of halogens is 1. The summed E-state index contributed by atoms with van der Waals surface area (Å²) in [5.74, 6) is -0.579. The minimum absolute atomic E-state index is 0.0409. The first kappa shape index (κ1) is 19.3. The van der Waals surface area contributed by atoms with Crippen LogP contribution in [0.15, 0.2) is 47.4 Å². The van der Waals surface area contributed by atoms with Crippen LogP contribution < -0.4 is 5.32 Å². The third kappa shape index (κ3) is 4.10. The molecule has 0 aliphatic carbocycles. The second kappa shape index (κ2) is 7.63. The number of hydrogen-bond donors (Lipinski definition) is 1. The molecule has 142 valence electrons. The van der Waals surface area contributed by atoms with E-state index in [1.807, 2.05) is 0 Å². The maximum atomic E-state index is 12.6. The Morgan fingerprint density at radius 3 is 2.52 bits per heavy atom. The van der Waals surface area contributed by atoms with E-state index in [9.17, 15) is 23.3 Å². The van der Waals surface area contributed by atoms with Gasteiger partial charge in [0.1, 0.15) is 5.02 Å². The summed E-state index contributed by atoms with van der Waals surface area (Å²) in [5.41, 5.74) is -0.0170. The van der Waals surface area contributed by atoms with Crippen LogP contribution in [-0.4, -0.2) is 36.6 Å². The van der Waals surface area contributed by atoms with Crippen LogP contribution in [0.25, 0.3) is 0 Å². The number of carbonyl (C=O) groups is 1. The molecule has 1 heterocycles. The number of amides is 1. The van der Waals surface area contributed by atoms with Crippen LogP contribution in [0.2, 0.25) is 5.02 Å². The van der Waals surface area contributed by atoms with Crippen LogP contribution in [0.5, 0.6) is 0 Å². The molecule has 1 saturated heterocycles. The predicted octanol–water partition coefficient (Wildman–Crippen LogP) is 3.29. The van der Waals surface area contributed by atoms with Gasteiger partial charge >= 0.3 is 0 Å². The van der Waals surface area contributed by atoms with Gasteiger partial charge in [-0.15, -0.1) is 0 Å². The zero-order chi connectivity index (χ0) is 19.6. The third-order valence-electron chi connectivity index (χ3n) is 4.20. The van der Waals surface area contributed by atoms with Crippen molar-refractivity contribution in [2.24, 2.45) is 0 Å². The van der Waals surface area contributed by atoms with Crippen molar-refractivity contribution >= 4 is 38.9 Å². The van der Waals surface area contributed by atoms with E-state index in [4.69, 9.17) is 11.6 Å². The monoisotopic (exact) mass is 409 g/mol. The third-order valence-corrected chi connectivity index (χ3v) is 6.41. The van der Waals surface area contributed by atoms with E-state index in [0.29, 0.717) is 13.1 Å². The van der Waals surface area contributed by atoms with Gasteiger partial charge in [-0.25, -0.2) is 8.42 Å². The molecule has 2 aromatic rings. The maximum Gasteiger partial charge on any atom is 0.289 e. The zero-order valence-electron chi connectivity index (χ0n) is 14.1. The highest BCUT2D eigenvalue weighted by Crippen LogP contribution is 2.28. The summed E-state index contributed by atoms with van der Waals surface area (Å²) in [7, 11) is -3.64. The number of carbonyl (C=O) groups excluding carboxylic acids is 1. The van der Waals surface area contributed by atoms with Gasteiger partial charge in [0.05, 0.1) is 9.82 Å². The van der Waals surface area contributed by atoms with Crippen LogP contribution in [-0.2, 0) is 10.0 Å². The average molecular weight is 410 g/mol. The highest BCUT2D eigenvalue weighted by molar-refractivity contribution is 7.89. The summed E-state index contributed by atoms with van der Waals surface area (Å²) in [4.78, 5) is 22.8. The van der Waals surface area contributed by atoms with E-state index in [-0.39, 0.29) is 26.9 Å². The topological polar surface area (TPSA) is 110 Å². The van der Waals surface area contributed by atoms with Crippen molar-refractivity contribution in [1.29, 1.82) is 0 Å². The molecule has 0 saturated carbocycles. The standard InChI is InChI=1S/C17H16ClN3O5S/c18-15-7-6-13(11-16(15)21(23)24)19-17(22)12-4-3-5-14(10-12)27(25,26)20-8-1-2-9-20/h3-7,10-11H,1-2,8-9H2,(H,19,22). The number of nitrogens with one attached hydrogen (secondary N) is 1. The quantitative estimate of drug-likeness (QED) is 0.601. The molecule has 1 fully saturated rings. The Hall–Kier alpha value is -2.49. The number of sulfonamides is 1. The molecule has 1 amide bonds. The van der Waals surface area contributed by atoms with Crippen molar-refractivity contribution in [2.45, 2.75) is 17.7 Å². The Morgan fingerprint density at radius 1 is 1.15 bits per heavy atom. The Kier molecular flexibility index (Phi) is 5.45. The lowest BCUT2D eigenvalue weighted by Gasteiger charge is -2.16. The van der Waals surface area contributed by atoms with Gasteiger partial charge in [0, 0.05) is 30.4 Å². The number of nitro groups is 1. The fourth-order valence-electron chi connectivity index (χ4n) is 2.81. The first-order valence-corrected chi connectivity index (χ1v) is 9.96. The molecule has 0 spiro atoms. The van der Waals surface area contributed by atoms with Crippen molar-refractivity contribution in [3.63, 3.8) is 0 Å². The Morgan fingerprint density at radius 2 is 1.85 bits per heavy atom. The maximum absolute atomic E-state index is 12.6. The van der Waals surface area contributed by atoms with Gasteiger partial charge in [-0.3, -0.25) is 14.9 Å². The number of nitro benzene ring substituents is 1. The predicted molar refractivity (Wildman–Crippen MR) is 100 cm³/mol. The lowest BCUT2D eigenvalue weighted by atomic mass is 10.2. The molecule has 27 heavy (non-hydrogen) atoms. The molecule has 1 N–H and O–H groups in total. The molecule has 0 unspecified atom stereocenters. The highest BCUT2D eigenvalue weighted by Gasteiger charge is 2.27. The van der Waals surface area contributed by atoms with E-state index in [1.165, 1.54) is 40.7 Å². The molecule has 0 aromatic heterocycles. The normalized spacial score (nSPS) is 14.9. The minimum atomic E-state index is -3.64. The fraction of sp³-hybridized carbons (Fsp3) is 0.235. The molecular formula is C17H16ClN3O5S. The van der Waals surface area contributed by atoms with Crippen LogP contribution in [0.3, 0.4) is 0 Å². The van der Waals surface area contributed by atoms with Crippen molar-refractivity contribution in [3.8, 4) is 0 Å². The van der Waals surface area contributed by atoms with Gasteiger partial charge in [0.25, 0.3) is 11.6 Å². The SMILES string of the molecule is O=C(Nc1ccc(Cl)c([N+](=O)[O-])c1)c1cccc(S(=O)(=O)N2CCCC2)c1. The molecule has 1 aliphatic rings. The van der Waals surface area contributed by atoms with Crippen LogP contribution in [0, 0.1) is 10.1 Å². The summed E-state index contributed by atoms with van der Waals surface area (Å²) >= 11 is 5.75. The summed E-state index contributed by atoms with van der Waals surface area (Å²) < 4.78 is 26.7. The zero-order valence-corrected chi connectivity index (χ0v) is 15.7. The lowest BCUT2D eigenvalue weighted by Crippen LogP contribution is -2.28. The van der Waals surface area contributed by atoms with Gasteiger partial charge in [0.2, 0.25) is 10.0 Å². The van der Waals surface area contributed by atoms with Crippen molar-refractivity contribution in [1.82, 2.24) is 4.31 Å². The molecule has 10 heteroatoms. The first-order chi connectivity index (χ1) is 12.8. The molecular weight excluding hydrogens is 394 g/mol. The Balaban J connectivity index is 1.84. The highest BCUT2D eigenvalue weighted by atomic mass is 35.5. The van der Waals surface area contributed by atoms with E-state index in [1.54, 1.807) is 0 Å². The van der Waals surface area contributed by atoms with E-state index in [2.05, 4.69) is 5.32 Å². The average Bonchev–Trinajstić information content (AvgIpc) is 3.18. The Bertz CT molecular complexity index is 1000. The smallest absolute Gasteiger partial charge is 0.289 e. The minimum Gasteiger partial charge on any atom is -0.322 e.